The molecule has 0 amide bonds. The molecule has 0 atom stereocenters. The van der Waals surface area contributed by atoms with Crippen molar-refractivity contribution in [3.8, 4) is 0 Å². The summed E-state index contributed by atoms with van der Waals surface area (Å²) in [6.07, 6.45) is 1.45. The summed E-state index contributed by atoms with van der Waals surface area (Å²) in [6.45, 7) is 8.17. The van der Waals surface area contributed by atoms with E-state index in [0.29, 0.717) is 6.42 Å². The lowest BCUT2D eigenvalue weighted by molar-refractivity contribution is -0.116. The molecule has 0 saturated carbocycles. The highest BCUT2D eigenvalue weighted by Crippen LogP contribution is 2.08. The molecule has 16 heavy (non-hydrogen) atoms. The summed E-state index contributed by atoms with van der Waals surface area (Å²) in [7, 11) is 0. The zero-order chi connectivity index (χ0) is 12.0. The zero-order valence-corrected chi connectivity index (χ0v) is 10.0. The lowest BCUT2D eigenvalue weighted by Crippen LogP contribution is -2.09. The van der Waals surface area contributed by atoms with E-state index in [9.17, 15) is 4.79 Å². The highest BCUT2D eigenvalue weighted by atomic mass is 16.1. The summed E-state index contributed by atoms with van der Waals surface area (Å²) in [5, 5.41) is 3.19. The van der Waals surface area contributed by atoms with E-state index in [1.165, 1.54) is 11.1 Å². The molecule has 0 aliphatic heterocycles. The molecule has 0 aliphatic rings. The van der Waals surface area contributed by atoms with Crippen molar-refractivity contribution in [2.24, 2.45) is 0 Å². The fourth-order valence-corrected chi connectivity index (χ4v) is 1.47. The molecule has 0 saturated heterocycles. The minimum absolute atomic E-state index is 0.241. The Bertz CT molecular complexity index is 349. The van der Waals surface area contributed by atoms with E-state index in [2.05, 4.69) is 30.1 Å². The number of allylic oxidation sites excluding steroid dienone is 1. The molecule has 0 aliphatic carbocycles. The molecular weight excluding hydrogens is 198 g/mol. The van der Waals surface area contributed by atoms with Gasteiger partial charge in [-0.15, -0.1) is 0 Å². The predicted octanol–water partition coefficient (Wildman–Crippen LogP) is 2.83. The summed E-state index contributed by atoms with van der Waals surface area (Å²) in [4.78, 5) is 10.9. The van der Waals surface area contributed by atoms with Gasteiger partial charge in [0.2, 0.25) is 0 Å². The molecule has 0 bridgehead atoms. The number of hydrogen-bond donors (Lipinski definition) is 1. The Morgan fingerprint density at radius 3 is 2.62 bits per heavy atom. The van der Waals surface area contributed by atoms with Crippen LogP contribution in [-0.4, -0.2) is 5.78 Å². The number of aryl methyl sites for hydroxylation is 1. The monoisotopic (exact) mass is 217 g/mol. The van der Waals surface area contributed by atoms with Gasteiger partial charge in [0, 0.05) is 18.7 Å². The van der Waals surface area contributed by atoms with E-state index in [-0.39, 0.29) is 5.78 Å². The van der Waals surface area contributed by atoms with Crippen LogP contribution >= 0.6 is 0 Å². The first-order chi connectivity index (χ1) is 7.58. The summed E-state index contributed by atoms with van der Waals surface area (Å²) in [5.41, 5.74) is 3.41. The van der Waals surface area contributed by atoms with Crippen molar-refractivity contribution in [2.45, 2.75) is 33.2 Å². The number of hydrogen-bond acceptors (Lipinski definition) is 2. The van der Waals surface area contributed by atoms with Crippen LogP contribution in [0.25, 0.3) is 0 Å². The smallest absolute Gasteiger partial charge is 0.130 e. The maximum atomic E-state index is 10.9. The minimum atomic E-state index is 0.241. The number of carbonyl (C=O) groups excluding carboxylic acids is 1. The largest absolute Gasteiger partial charge is 0.385 e. The average molecular weight is 217 g/mol. The molecule has 0 unspecified atom stereocenters. The number of Topliss-reactive ketones (excluding diaryl/α,β-unsaturated/α-hetero) is 1. The van der Waals surface area contributed by atoms with Gasteiger partial charge in [0.05, 0.1) is 0 Å². The minimum Gasteiger partial charge on any atom is -0.385 e. The maximum absolute atomic E-state index is 10.9. The van der Waals surface area contributed by atoms with Crippen molar-refractivity contribution in [1.29, 1.82) is 0 Å². The van der Waals surface area contributed by atoms with Crippen molar-refractivity contribution in [3.63, 3.8) is 0 Å². The first-order valence-electron chi connectivity index (χ1n) is 5.54. The van der Waals surface area contributed by atoms with Crippen molar-refractivity contribution in [2.75, 3.05) is 0 Å². The summed E-state index contributed by atoms with van der Waals surface area (Å²) in [5.74, 6) is 0.241. The fraction of sp³-hybridized carbons (Fsp3) is 0.357. The van der Waals surface area contributed by atoms with Gasteiger partial charge in [0.25, 0.3) is 0 Å². The number of nitrogens with one attached hydrogen (secondary N) is 1. The van der Waals surface area contributed by atoms with Crippen molar-refractivity contribution in [1.82, 2.24) is 5.32 Å². The van der Waals surface area contributed by atoms with Crippen LogP contribution in [0.1, 0.15) is 31.4 Å². The van der Waals surface area contributed by atoms with Gasteiger partial charge in [0.15, 0.2) is 0 Å². The topological polar surface area (TPSA) is 29.1 Å². The Balaban J connectivity index is 2.56. The number of rotatable bonds is 6. The highest BCUT2D eigenvalue weighted by Gasteiger charge is 1.98. The van der Waals surface area contributed by atoms with Crippen LogP contribution in [0.2, 0.25) is 0 Å². The molecule has 2 nitrogen and oxygen atoms in total. The molecule has 1 N–H and O–H groups in total. The summed E-state index contributed by atoms with van der Waals surface area (Å²) < 4.78 is 0. The van der Waals surface area contributed by atoms with Crippen LogP contribution in [0.3, 0.4) is 0 Å². The third kappa shape index (κ3) is 4.78. The second-order valence-corrected chi connectivity index (χ2v) is 4.16. The standard InChI is InChI=1S/C14H19NO/c1-11(2)15-10-14-6-4-5-13(9-14)8-7-12(3)16/h4-6,9,15H,1,7-8,10H2,2-3H3. The van der Waals surface area contributed by atoms with Crippen molar-refractivity contribution in [3.05, 3.63) is 47.7 Å². The molecule has 1 aromatic carbocycles. The van der Waals surface area contributed by atoms with Crippen molar-refractivity contribution >= 4 is 5.78 Å². The van der Waals surface area contributed by atoms with Gasteiger partial charge >= 0.3 is 0 Å². The molecule has 1 aromatic rings. The van der Waals surface area contributed by atoms with Crippen LogP contribution in [0.5, 0.6) is 0 Å². The van der Waals surface area contributed by atoms with Gasteiger partial charge < -0.3 is 10.1 Å². The first-order valence-corrected chi connectivity index (χ1v) is 5.54. The Morgan fingerprint density at radius 2 is 2.00 bits per heavy atom. The van der Waals surface area contributed by atoms with Gasteiger partial charge in [-0.2, -0.15) is 0 Å². The zero-order valence-electron chi connectivity index (χ0n) is 10.0. The number of ketones is 1. The molecule has 0 spiro atoms. The Morgan fingerprint density at radius 1 is 1.31 bits per heavy atom. The van der Waals surface area contributed by atoms with E-state index in [0.717, 1.165) is 18.7 Å². The number of benzene rings is 1. The average Bonchev–Trinajstić information content (AvgIpc) is 2.24. The Kier molecular flexibility index (Phi) is 4.77. The van der Waals surface area contributed by atoms with Crippen LogP contribution in [-0.2, 0) is 17.8 Å². The van der Waals surface area contributed by atoms with E-state index < -0.39 is 0 Å². The first kappa shape index (κ1) is 12.5. The van der Waals surface area contributed by atoms with E-state index in [4.69, 9.17) is 0 Å². The second kappa shape index (κ2) is 6.11. The van der Waals surface area contributed by atoms with Gasteiger partial charge in [-0.05, 0) is 31.4 Å². The van der Waals surface area contributed by atoms with Gasteiger partial charge in [-0.3, -0.25) is 0 Å². The SMILES string of the molecule is C=C(C)NCc1cccc(CCC(C)=O)c1. The van der Waals surface area contributed by atoms with Crippen LogP contribution in [0.15, 0.2) is 36.5 Å². The molecule has 1 rings (SSSR count). The molecule has 0 heterocycles. The molecule has 0 fully saturated rings. The number of carbonyl (C=O) groups is 1. The summed E-state index contributed by atoms with van der Waals surface area (Å²) in [6, 6.07) is 8.31. The third-order valence-corrected chi connectivity index (χ3v) is 2.35. The normalized spacial score (nSPS) is 9.88. The van der Waals surface area contributed by atoms with E-state index in [1.807, 2.05) is 13.0 Å². The van der Waals surface area contributed by atoms with Gasteiger partial charge in [0.1, 0.15) is 5.78 Å². The van der Waals surface area contributed by atoms with Gasteiger partial charge in [-0.25, -0.2) is 0 Å². The highest BCUT2D eigenvalue weighted by molar-refractivity contribution is 5.75. The Labute approximate surface area is 97.4 Å². The van der Waals surface area contributed by atoms with Crippen LogP contribution in [0, 0.1) is 0 Å². The van der Waals surface area contributed by atoms with E-state index in [1.54, 1.807) is 6.92 Å². The lowest BCUT2D eigenvalue weighted by atomic mass is 10.1. The van der Waals surface area contributed by atoms with Gasteiger partial charge in [-0.1, -0.05) is 30.8 Å². The molecule has 86 valence electrons. The summed E-state index contributed by atoms with van der Waals surface area (Å²) >= 11 is 0. The molecular formula is C14H19NO. The molecule has 2 heteroatoms. The maximum Gasteiger partial charge on any atom is 0.130 e. The van der Waals surface area contributed by atoms with Crippen LogP contribution in [0.4, 0.5) is 0 Å². The lowest BCUT2D eigenvalue weighted by Gasteiger charge is -2.07. The third-order valence-electron chi connectivity index (χ3n) is 2.35. The quantitative estimate of drug-likeness (QED) is 0.794. The Hall–Kier alpha value is -1.57. The molecule has 0 radical (unpaired) electrons. The molecule has 0 aromatic heterocycles. The predicted molar refractivity (Wildman–Crippen MR) is 67.1 cm³/mol. The van der Waals surface area contributed by atoms with Crippen LogP contribution < -0.4 is 5.32 Å². The van der Waals surface area contributed by atoms with Crippen molar-refractivity contribution < 1.29 is 4.79 Å². The second-order valence-electron chi connectivity index (χ2n) is 4.16. The van der Waals surface area contributed by atoms with E-state index >= 15 is 0 Å². The fourth-order valence-electron chi connectivity index (χ4n) is 1.47.